The van der Waals surface area contributed by atoms with Crippen molar-refractivity contribution in [1.29, 1.82) is 0 Å². The first kappa shape index (κ1) is 6.55. The van der Waals surface area contributed by atoms with Crippen molar-refractivity contribution < 1.29 is 4.79 Å². The van der Waals surface area contributed by atoms with E-state index in [1.54, 1.807) is 5.01 Å². The molecule has 51 valence electrons. The Bertz CT molecular complexity index is 108. The summed E-state index contributed by atoms with van der Waals surface area (Å²) in [5.41, 5.74) is 2.94. The summed E-state index contributed by atoms with van der Waals surface area (Å²) in [4.78, 5) is 10.6. The van der Waals surface area contributed by atoms with Crippen molar-refractivity contribution >= 4 is 5.91 Å². The van der Waals surface area contributed by atoms with E-state index in [0.29, 0.717) is 0 Å². The average molecular weight is 127 g/mol. The van der Waals surface area contributed by atoms with E-state index < -0.39 is 0 Å². The summed E-state index contributed by atoms with van der Waals surface area (Å²) in [6.07, 6.45) is 2.25. The number of hydrogen-bond acceptors (Lipinski definition) is 2. The Morgan fingerprint density at radius 3 is 2.67 bits per heavy atom. The molecule has 0 aromatic rings. The van der Waals surface area contributed by atoms with E-state index in [1.807, 2.05) is 0 Å². The van der Waals surface area contributed by atoms with Crippen molar-refractivity contribution in [3.63, 3.8) is 0 Å². The lowest BCUT2D eigenvalue weighted by Crippen LogP contribution is -2.45. The van der Waals surface area contributed by atoms with Gasteiger partial charge in [0.1, 0.15) is 0 Å². The highest BCUT2D eigenvalue weighted by molar-refractivity contribution is 5.79. The van der Waals surface area contributed by atoms with Crippen LogP contribution in [0.4, 0.5) is 0 Å². The van der Waals surface area contributed by atoms with Crippen molar-refractivity contribution in [3.05, 3.63) is 6.92 Å². The van der Waals surface area contributed by atoms with E-state index in [9.17, 15) is 4.79 Å². The Morgan fingerprint density at radius 2 is 2.33 bits per heavy atom. The number of nitrogens with one attached hydrogen (secondary N) is 1. The van der Waals surface area contributed by atoms with Gasteiger partial charge < -0.3 is 0 Å². The standard InChI is InChI=1S/C6H11N2O/c1-6(9)8-5-3-2-4-7-8/h7H,1-5H2. The van der Waals surface area contributed by atoms with Crippen LogP contribution in [0.25, 0.3) is 0 Å². The van der Waals surface area contributed by atoms with Gasteiger partial charge in [0, 0.05) is 20.0 Å². The van der Waals surface area contributed by atoms with Crippen LogP contribution in [0, 0.1) is 6.92 Å². The highest BCUT2D eigenvalue weighted by atomic mass is 16.2. The van der Waals surface area contributed by atoms with Crippen molar-refractivity contribution in [3.8, 4) is 0 Å². The van der Waals surface area contributed by atoms with E-state index in [4.69, 9.17) is 0 Å². The van der Waals surface area contributed by atoms with Crippen LogP contribution >= 0.6 is 0 Å². The van der Waals surface area contributed by atoms with Gasteiger partial charge in [0.15, 0.2) is 0 Å². The van der Waals surface area contributed by atoms with Crippen LogP contribution in [-0.2, 0) is 4.79 Å². The molecule has 1 rings (SSSR count). The van der Waals surface area contributed by atoms with Gasteiger partial charge in [-0.25, -0.2) is 5.43 Å². The molecule has 0 saturated carbocycles. The number of amides is 1. The minimum absolute atomic E-state index is 0.130. The summed E-state index contributed by atoms with van der Waals surface area (Å²) in [5, 5.41) is 1.56. The van der Waals surface area contributed by atoms with Crippen LogP contribution in [0.15, 0.2) is 0 Å². The van der Waals surface area contributed by atoms with E-state index >= 15 is 0 Å². The molecule has 3 nitrogen and oxygen atoms in total. The summed E-state index contributed by atoms with van der Waals surface area (Å²) in [7, 11) is 0. The molecule has 1 amide bonds. The largest absolute Gasteiger partial charge is 0.278 e. The van der Waals surface area contributed by atoms with Gasteiger partial charge in [-0.05, 0) is 12.8 Å². The highest BCUT2D eigenvalue weighted by Gasteiger charge is 2.10. The van der Waals surface area contributed by atoms with Gasteiger partial charge >= 0.3 is 0 Å². The molecule has 0 bridgehead atoms. The number of nitrogens with zero attached hydrogens (tertiary/aromatic N) is 1. The molecule has 0 spiro atoms. The Balaban J connectivity index is 2.31. The molecule has 1 N–H and O–H groups in total. The number of rotatable bonds is 0. The molecule has 1 radical (unpaired) electrons. The fourth-order valence-electron chi connectivity index (χ4n) is 0.901. The summed E-state index contributed by atoms with van der Waals surface area (Å²) in [5.74, 6) is -0.130. The third kappa shape index (κ3) is 1.68. The van der Waals surface area contributed by atoms with Crippen LogP contribution in [0.5, 0.6) is 0 Å². The maximum Gasteiger partial charge on any atom is 0.237 e. The number of hydrogen-bond donors (Lipinski definition) is 1. The zero-order valence-corrected chi connectivity index (χ0v) is 5.39. The van der Waals surface area contributed by atoms with Gasteiger partial charge in [-0.2, -0.15) is 0 Å². The molecule has 0 aromatic heterocycles. The molecule has 9 heavy (non-hydrogen) atoms. The summed E-state index contributed by atoms with van der Waals surface area (Å²) >= 11 is 0. The molecular weight excluding hydrogens is 116 g/mol. The quantitative estimate of drug-likeness (QED) is 0.494. The third-order valence-electron chi connectivity index (χ3n) is 1.41. The second-order valence-electron chi connectivity index (χ2n) is 2.16. The molecule has 1 saturated heterocycles. The van der Waals surface area contributed by atoms with Gasteiger partial charge in [-0.1, -0.05) is 0 Å². The lowest BCUT2D eigenvalue weighted by Gasteiger charge is -2.25. The van der Waals surface area contributed by atoms with Gasteiger partial charge in [-0.3, -0.25) is 9.80 Å². The Labute approximate surface area is 55.0 Å². The zero-order chi connectivity index (χ0) is 6.69. The van der Waals surface area contributed by atoms with Gasteiger partial charge in [-0.15, -0.1) is 0 Å². The molecule has 1 fully saturated rings. The first-order valence-corrected chi connectivity index (χ1v) is 3.17. The summed E-state index contributed by atoms with van der Waals surface area (Å²) < 4.78 is 0. The van der Waals surface area contributed by atoms with Gasteiger partial charge in [0.2, 0.25) is 5.91 Å². The number of carbonyl (C=O) groups is 1. The number of carbonyl (C=O) groups excluding carboxylic acids is 1. The molecule has 0 aromatic carbocycles. The Hall–Kier alpha value is -0.570. The molecule has 1 aliphatic heterocycles. The minimum atomic E-state index is -0.130. The van der Waals surface area contributed by atoms with E-state index in [2.05, 4.69) is 12.3 Å². The summed E-state index contributed by atoms with van der Waals surface area (Å²) in [6, 6.07) is 0. The van der Waals surface area contributed by atoms with Crippen LogP contribution < -0.4 is 5.43 Å². The van der Waals surface area contributed by atoms with Crippen LogP contribution in [0.1, 0.15) is 12.8 Å². The number of hydrazine groups is 1. The monoisotopic (exact) mass is 127 g/mol. The van der Waals surface area contributed by atoms with Gasteiger partial charge in [0.05, 0.1) is 0 Å². The normalized spacial score (nSPS) is 19.9. The molecule has 1 heterocycles. The zero-order valence-electron chi connectivity index (χ0n) is 5.39. The predicted octanol–water partition coefficient (Wildman–Crippen LogP) is -0.0525. The third-order valence-corrected chi connectivity index (χ3v) is 1.41. The molecule has 0 aliphatic carbocycles. The van der Waals surface area contributed by atoms with Crippen molar-refractivity contribution in [2.24, 2.45) is 0 Å². The average Bonchev–Trinajstić information content (AvgIpc) is 1.90. The minimum Gasteiger partial charge on any atom is -0.278 e. The first-order chi connectivity index (χ1) is 4.30. The molecule has 0 atom stereocenters. The lowest BCUT2D eigenvalue weighted by molar-refractivity contribution is -0.130. The summed E-state index contributed by atoms with van der Waals surface area (Å²) in [6.45, 7) is 5.00. The van der Waals surface area contributed by atoms with Crippen molar-refractivity contribution in [2.45, 2.75) is 12.8 Å². The lowest BCUT2D eigenvalue weighted by atomic mass is 10.3. The topological polar surface area (TPSA) is 32.3 Å². The van der Waals surface area contributed by atoms with Crippen LogP contribution in [0.2, 0.25) is 0 Å². The maximum absolute atomic E-state index is 10.6. The molecule has 3 heteroatoms. The van der Waals surface area contributed by atoms with Crippen molar-refractivity contribution in [1.82, 2.24) is 10.4 Å². The second-order valence-corrected chi connectivity index (χ2v) is 2.16. The van der Waals surface area contributed by atoms with Crippen LogP contribution in [-0.4, -0.2) is 24.0 Å². The van der Waals surface area contributed by atoms with Crippen molar-refractivity contribution in [2.75, 3.05) is 13.1 Å². The smallest absolute Gasteiger partial charge is 0.237 e. The predicted molar refractivity (Wildman–Crippen MR) is 34.3 cm³/mol. The first-order valence-electron chi connectivity index (χ1n) is 3.17. The molecule has 0 unspecified atom stereocenters. The van der Waals surface area contributed by atoms with Crippen LogP contribution in [0.3, 0.4) is 0 Å². The van der Waals surface area contributed by atoms with E-state index in [-0.39, 0.29) is 5.91 Å². The SMILES string of the molecule is [CH2]C(=O)N1CCCCN1. The maximum atomic E-state index is 10.6. The highest BCUT2D eigenvalue weighted by Crippen LogP contribution is 1.97. The fraction of sp³-hybridized carbons (Fsp3) is 0.667. The Morgan fingerprint density at radius 1 is 1.56 bits per heavy atom. The van der Waals surface area contributed by atoms with Gasteiger partial charge in [0.25, 0.3) is 0 Å². The van der Waals surface area contributed by atoms with E-state index in [0.717, 1.165) is 25.9 Å². The fourth-order valence-corrected chi connectivity index (χ4v) is 0.901. The Kier molecular flexibility index (Phi) is 2.05. The second kappa shape index (κ2) is 2.82. The van der Waals surface area contributed by atoms with E-state index in [1.165, 1.54) is 0 Å². The molecular formula is C6H11N2O. The molecule has 1 aliphatic rings.